The SMILES string of the molecule is COc1ccc(C(CNS(=O)(=O)NC(C)C)N2CCCCCC2)cc1. The summed E-state index contributed by atoms with van der Waals surface area (Å²) >= 11 is 0. The van der Waals surface area contributed by atoms with Crippen LogP contribution in [0.25, 0.3) is 0 Å². The Morgan fingerprint density at radius 2 is 1.68 bits per heavy atom. The second-order valence-corrected chi connectivity index (χ2v) is 8.39. The molecule has 1 aliphatic rings. The Balaban J connectivity index is 2.15. The van der Waals surface area contributed by atoms with E-state index in [9.17, 15) is 8.42 Å². The van der Waals surface area contributed by atoms with Crippen molar-refractivity contribution in [1.29, 1.82) is 0 Å². The molecule has 0 amide bonds. The minimum atomic E-state index is -3.50. The highest BCUT2D eigenvalue weighted by Gasteiger charge is 2.23. The minimum absolute atomic E-state index is 0.0211. The van der Waals surface area contributed by atoms with Crippen LogP contribution in [0.15, 0.2) is 24.3 Å². The second kappa shape index (κ2) is 9.52. The lowest BCUT2D eigenvalue weighted by atomic mass is 10.0. The molecule has 1 atom stereocenters. The van der Waals surface area contributed by atoms with Crippen molar-refractivity contribution < 1.29 is 13.2 Å². The first-order chi connectivity index (χ1) is 11.9. The van der Waals surface area contributed by atoms with Crippen molar-refractivity contribution >= 4 is 10.2 Å². The zero-order valence-electron chi connectivity index (χ0n) is 15.5. The van der Waals surface area contributed by atoms with E-state index in [4.69, 9.17) is 4.74 Å². The van der Waals surface area contributed by atoms with Gasteiger partial charge in [0.05, 0.1) is 7.11 Å². The van der Waals surface area contributed by atoms with Gasteiger partial charge in [-0.2, -0.15) is 13.1 Å². The van der Waals surface area contributed by atoms with Gasteiger partial charge in [-0.15, -0.1) is 0 Å². The fraction of sp³-hybridized carbons (Fsp3) is 0.667. The van der Waals surface area contributed by atoms with Crippen molar-refractivity contribution in [1.82, 2.24) is 14.3 Å². The molecule has 0 saturated carbocycles. The summed E-state index contributed by atoms with van der Waals surface area (Å²) < 4.78 is 34.9. The maximum atomic E-state index is 12.2. The van der Waals surface area contributed by atoms with E-state index in [0.29, 0.717) is 6.54 Å². The molecule has 1 aliphatic heterocycles. The first-order valence-electron chi connectivity index (χ1n) is 9.06. The molecule has 1 unspecified atom stereocenters. The largest absolute Gasteiger partial charge is 0.497 e. The van der Waals surface area contributed by atoms with Crippen LogP contribution in [0.2, 0.25) is 0 Å². The molecule has 25 heavy (non-hydrogen) atoms. The van der Waals surface area contributed by atoms with Crippen LogP contribution in [0, 0.1) is 0 Å². The standard InChI is InChI=1S/C18H31N3O3S/c1-15(2)20-25(22,23)19-14-18(21-12-6-4-5-7-13-21)16-8-10-17(24-3)11-9-16/h8-11,15,18-20H,4-7,12-14H2,1-3H3. The number of rotatable bonds is 8. The molecule has 2 N–H and O–H groups in total. The minimum Gasteiger partial charge on any atom is -0.497 e. The van der Waals surface area contributed by atoms with Crippen LogP contribution in [-0.4, -0.2) is 46.1 Å². The fourth-order valence-electron chi connectivity index (χ4n) is 3.23. The quantitative estimate of drug-likeness (QED) is 0.738. The summed E-state index contributed by atoms with van der Waals surface area (Å²) in [6.07, 6.45) is 4.80. The molecule has 0 aliphatic carbocycles. The number of methoxy groups -OCH3 is 1. The number of ether oxygens (including phenoxy) is 1. The van der Waals surface area contributed by atoms with E-state index in [1.54, 1.807) is 7.11 Å². The number of nitrogens with zero attached hydrogens (tertiary/aromatic N) is 1. The Kier molecular flexibility index (Phi) is 7.68. The molecular weight excluding hydrogens is 338 g/mol. The van der Waals surface area contributed by atoms with Crippen molar-refractivity contribution in [2.45, 2.75) is 51.6 Å². The molecule has 0 aromatic heterocycles. The van der Waals surface area contributed by atoms with Crippen LogP contribution in [0.3, 0.4) is 0 Å². The van der Waals surface area contributed by atoms with Gasteiger partial charge in [0.25, 0.3) is 10.2 Å². The Hall–Kier alpha value is -1.15. The van der Waals surface area contributed by atoms with E-state index in [1.807, 2.05) is 38.1 Å². The maximum absolute atomic E-state index is 12.2. The van der Waals surface area contributed by atoms with Crippen molar-refractivity contribution in [2.75, 3.05) is 26.7 Å². The molecule has 6 nitrogen and oxygen atoms in total. The first-order valence-corrected chi connectivity index (χ1v) is 10.5. The van der Waals surface area contributed by atoms with Gasteiger partial charge in [-0.05, 0) is 57.5 Å². The zero-order valence-corrected chi connectivity index (χ0v) is 16.3. The van der Waals surface area contributed by atoms with Crippen LogP contribution in [0.1, 0.15) is 51.1 Å². The predicted octanol–water partition coefficient (Wildman–Crippen LogP) is 2.44. The van der Waals surface area contributed by atoms with Gasteiger partial charge >= 0.3 is 0 Å². The Labute approximate surface area is 152 Å². The summed E-state index contributed by atoms with van der Waals surface area (Å²) in [5.41, 5.74) is 1.11. The third-order valence-corrected chi connectivity index (χ3v) is 5.77. The molecule has 1 aromatic carbocycles. The van der Waals surface area contributed by atoms with E-state index in [0.717, 1.165) is 37.2 Å². The molecule has 0 radical (unpaired) electrons. The molecule has 0 bridgehead atoms. The molecule has 2 rings (SSSR count). The number of hydrogen-bond donors (Lipinski definition) is 2. The van der Waals surface area contributed by atoms with Gasteiger partial charge < -0.3 is 4.74 Å². The number of nitrogens with one attached hydrogen (secondary N) is 2. The summed E-state index contributed by atoms with van der Waals surface area (Å²) in [4.78, 5) is 2.40. The molecule has 1 fully saturated rings. The maximum Gasteiger partial charge on any atom is 0.277 e. The predicted molar refractivity (Wildman–Crippen MR) is 101 cm³/mol. The monoisotopic (exact) mass is 369 g/mol. The highest BCUT2D eigenvalue weighted by atomic mass is 32.2. The Morgan fingerprint density at radius 3 is 2.20 bits per heavy atom. The van der Waals surface area contributed by atoms with Crippen molar-refractivity contribution in [3.63, 3.8) is 0 Å². The molecule has 0 spiro atoms. The van der Waals surface area contributed by atoms with E-state index in [1.165, 1.54) is 12.8 Å². The van der Waals surface area contributed by atoms with Gasteiger partial charge in [0.2, 0.25) is 0 Å². The summed E-state index contributed by atoms with van der Waals surface area (Å²) in [5.74, 6) is 0.806. The molecule has 1 heterocycles. The van der Waals surface area contributed by atoms with E-state index in [2.05, 4.69) is 14.3 Å². The molecule has 142 valence electrons. The molecule has 1 aromatic rings. The fourth-order valence-corrected chi connectivity index (χ4v) is 4.31. The Morgan fingerprint density at radius 1 is 1.08 bits per heavy atom. The topological polar surface area (TPSA) is 70.7 Å². The van der Waals surface area contributed by atoms with Crippen LogP contribution in [0.4, 0.5) is 0 Å². The summed E-state index contributed by atoms with van der Waals surface area (Å²) in [7, 11) is -1.85. The lowest BCUT2D eigenvalue weighted by Gasteiger charge is -2.31. The summed E-state index contributed by atoms with van der Waals surface area (Å²) in [5, 5.41) is 0. The summed E-state index contributed by atoms with van der Waals surface area (Å²) in [6.45, 7) is 5.98. The van der Waals surface area contributed by atoms with Gasteiger partial charge in [-0.3, -0.25) is 4.90 Å². The molecule has 7 heteroatoms. The average molecular weight is 370 g/mol. The third kappa shape index (κ3) is 6.58. The van der Waals surface area contributed by atoms with Gasteiger partial charge in [0, 0.05) is 18.6 Å². The molecular formula is C18H31N3O3S. The van der Waals surface area contributed by atoms with Crippen LogP contribution < -0.4 is 14.2 Å². The average Bonchev–Trinajstić information content (AvgIpc) is 2.84. The highest BCUT2D eigenvalue weighted by Crippen LogP contribution is 2.25. The van der Waals surface area contributed by atoms with Gasteiger partial charge in [-0.25, -0.2) is 4.72 Å². The lowest BCUT2D eigenvalue weighted by molar-refractivity contribution is 0.206. The second-order valence-electron chi connectivity index (χ2n) is 6.86. The summed E-state index contributed by atoms with van der Waals surface area (Å²) in [6, 6.07) is 7.81. The normalized spacial score (nSPS) is 18.1. The highest BCUT2D eigenvalue weighted by molar-refractivity contribution is 7.87. The third-order valence-electron chi connectivity index (χ3n) is 4.44. The van der Waals surface area contributed by atoms with E-state index < -0.39 is 10.2 Å². The van der Waals surface area contributed by atoms with Crippen LogP contribution in [-0.2, 0) is 10.2 Å². The number of benzene rings is 1. The van der Waals surface area contributed by atoms with Crippen molar-refractivity contribution in [3.8, 4) is 5.75 Å². The van der Waals surface area contributed by atoms with E-state index >= 15 is 0 Å². The van der Waals surface area contributed by atoms with Crippen LogP contribution >= 0.6 is 0 Å². The van der Waals surface area contributed by atoms with Crippen molar-refractivity contribution in [3.05, 3.63) is 29.8 Å². The van der Waals surface area contributed by atoms with Crippen LogP contribution in [0.5, 0.6) is 5.75 Å². The zero-order chi connectivity index (χ0) is 18.3. The smallest absolute Gasteiger partial charge is 0.277 e. The van der Waals surface area contributed by atoms with Crippen molar-refractivity contribution in [2.24, 2.45) is 0 Å². The number of likely N-dealkylation sites (tertiary alicyclic amines) is 1. The number of hydrogen-bond acceptors (Lipinski definition) is 4. The molecule has 1 saturated heterocycles. The van der Waals surface area contributed by atoms with E-state index in [-0.39, 0.29) is 12.1 Å². The lowest BCUT2D eigenvalue weighted by Crippen LogP contribution is -2.44. The van der Waals surface area contributed by atoms with Gasteiger partial charge in [0.1, 0.15) is 5.75 Å². The van der Waals surface area contributed by atoms with Gasteiger partial charge in [-0.1, -0.05) is 25.0 Å². The Bertz CT molecular complexity index is 609. The first kappa shape index (κ1) is 20.2. The van der Waals surface area contributed by atoms with Gasteiger partial charge in [0.15, 0.2) is 0 Å².